The Bertz CT molecular complexity index is 1100. The van der Waals surface area contributed by atoms with E-state index in [-0.39, 0.29) is 17.9 Å². The van der Waals surface area contributed by atoms with E-state index in [9.17, 15) is 13.2 Å². The lowest BCUT2D eigenvalue weighted by molar-refractivity contribution is 0.582. The van der Waals surface area contributed by atoms with Crippen LogP contribution in [0.4, 0.5) is 13.2 Å². The van der Waals surface area contributed by atoms with Crippen LogP contribution in [-0.4, -0.2) is 24.1 Å². The molecular formula is C18H14F3N5. The Morgan fingerprint density at radius 1 is 1.04 bits per heavy atom. The molecule has 0 N–H and O–H groups in total. The van der Waals surface area contributed by atoms with Gasteiger partial charge in [-0.2, -0.15) is 9.37 Å². The molecule has 26 heavy (non-hydrogen) atoms. The average Bonchev–Trinajstić information content (AvgIpc) is 3.21. The van der Waals surface area contributed by atoms with E-state index in [1.54, 1.807) is 21.4 Å². The lowest BCUT2D eigenvalue weighted by Crippen LogP contribution is -2.09. The van der Waals surface area contributed by atoms with Crippen LogP contribution < -0.4 is 0 Å². The van der Waals surface area contributed by atoms with Crippen molar-refractivity contribution in [1.29, 1.82) is 0 Å². The molecule has 0 fully saturated rings. The summed E-state index contributed by atoms with van der Waals surface area (Å²) in [5.74, 6) is -0.778. The van der Waals surface area contributed by atoms with E-state index in [2.05, 4.69) is 15.0 Å². The van der Waals surface area contributed by atoms with Gasteiger partial charge in [0.2, 0.25) is 5.95 Å². The fraction of sp³-hybridized carbons (Fsp3) is 0.167. The summed E-state index contributed by atoms with van der Waals surface area (Å²) in [5, 5.41) is 0. The second-order valence-corrected chi connectivity index (χ2v) is 5.75. The molecule has 0 bridgehead atoms. The summed E-state index contributed by atoms with van der Waals surface area (Å²) in [6, 6.07) is 6.05. The molecule has 0 unspecified atom stereocenters. The van der Waals surface area contributed by atoms with Crippen LogP contribution in [0.2, 0.25) is 0 Å². The number of imidazole rings is 2. The van der Waals surface area contributed by atoms with Gasteiger partial charge in [0.05, 0.1) is 12.1 Å². The van der Waals surface area contributed by atoms with Crippen LogP contribution in [0.3, 0.4) is 0 Å². The molecule has 5 nitrogen and oxygen atoms in total. The van der Waals surface area contributed by atoms with E-state index in [0.29, 0.717) is 23.5 Å². The van der Waals surface area contributed by atoms with E-state index in [1.165, 1.54) is 12.3 Å². The molecule has 0 atom stereocenters. The fourth-order valence-electron chi connectivity index (χ4n) is 2.98. The monoisotopic (exact) mass is 357 g/mol. The molecule has 0 aliphatic rings. The molecule has 0 spiro atoms. The van der Waals surface area contributed by atoms with Crippen molar-refractivity contribution in [2.45, 2.75) is 20.0 Å². The van der Waals surface area contributed by atoms with Crippen molar-refractivity contribution in [3.05, 3.63) is 66.1 Å². The number of hydrogen-bond acceptors (Lipinski definition) is 3. The first-order valence-electron chi connectivity index (χ1n) is 8.05. The number of pyridine rings is 1. The lowest BCUT2D eigenvalue weighted by Gasteiger charge is -2.10. The number of halogens is 3. The number of fused-ring (bicyclic) bond motifs is 1. The molecule has 0 saturated carbocycles. The standard InChI is InChI=1S/C18H14F3N5/c1-2-26-16(23-14-5-6-15(21)24-18(14)26)10-25-8-7-22-17(25)12-9-11(19)3-4-13(12)20/h3-9H,2,10H2,1H3. The number of rotatable bonds is 4. The molecule has 4 aromatic rings. The van der Waals surface area contributed by atoms with E-state index in [0.717, 1.165) is 18.2 Å². The van der Waals surface area contributed by atoms with Crippen molar-refractivity contribution in [2.24, 2.45) is 0 Å². The highest BCUT2D eigenvalue weighted by molar-refractivity contribution is 5.71. The molecule has 8 heteroatoms. The van der Waals surface area contributed by atoms with E-state index >= 15 is 0 Å². The van der Waals surface area contributed by atoms with Crippen LogP contribution in [0.15, 0.2) is 42.7 Å². The first kappa shape index (κ1) is 16.3. The van der Waals surface area contributed by atoms with Crippen molar-refractivity contribution < 1.29 is 13.2 Å². The molecule has 3 aromatic heterocycles. The Morgan fingerprint density at radius 3 is 2.69 bits per heavy atom. The zero-order valence-corrected chi connectivity index (χ0v) is 13.8. The first-order chi connectivity index (χ1) is 12.6. The maximum absolute atomic E-state index is 14.1. The maximum atomic E-state index is 14.1. The molecule has 4 rings (SSSR count). The van der Waals surface area contributed by atoms with Crippen molar-refractivity contribution in [3.8, 4) is 11.4 Å². The molecule has 0 radical (unpaired) electrons. The summed E-state index contributed by atoms with van der Waals surface area (Å²) in [5.41, 5.74) is 1.08. The normalized spacial score (nSPS) is 11.4. The Balaban J connectivity index is 1.79. The highest BCUT2D eigenvalue weighted by Crippen LogP contribution is 2.24. The molecular weight excluding hydrogens is 343 g/mol. The summed E-state index contributed by atoms with van der Waals surface area (Å²) >= 11 is 0. The number of nitrogens with zero attached hydrogens (tertiary/aromatic N) is 5. The van der Waals surface area contributed by atoms with Gasteiger partial charge in [-0.3, -0.25) is 0 Å². The zero-order valence-electron chi connectivity index (χ0n) is 13.8. The van der Waals surface area contributed by atoms with Gasteiger partial charge < -0.3 is 9.13 Å². The number of hydrogen-bond donors (Lipinski definition) is 0. The number of aromatic nitrogens is 5. The van der Waals surface area contributed by atoms with Gasteiger partial charge in [-0.15, -0.1) is 0 Å². The zero-order chi connectivity index (χ0) is 18.3. The van der Waals surface area contributed by atoms with E-state index < -0.39 is 17.6 Å². The van der Waals surface area contributed by atoms with Crippen LogP contribution in [0.25, 0.3) is 22.6 Å². The minimum Gasteiger partial charge on any atom is -0.323 e. The van der Waals surface area contributed by atoms with Crippen molar-refractivity contribution >= 4 is 11.2 Å². The summed E-state index contributed by atoms with van der Waals surface area (Å²) < 4.78 is 44.6. The second-order valence-electron chi connectivity index (χ2n) is 5.75. The van der Waals surface area contributed by atoms with Gasteiger partial charge in [0.1, 0.15) is 28.8 Å². The Hall–Kier alpha value is -3.16. The van der Waals surface area contributed by atoms with Gasteiger partial charge in [0.15, 0.2) is 5.65 Å². The topological polar surface area (TPSA) is 48.5 Å². The third kappa shape index (κ3) is 2.73. The highest BCUT2D eigenvalue weighted by atomic mass is 19.1. The first-order valence-corrected chi connectivity index (χ1v) is 8.05. The smallest absolute Gasteiger partial charge is 0.214 e. The predicted molar refractivity (Wildman–Crippen MR) is 89.8 cm³/mol. The molecule has 132 valence electrons. The van der Waals surface area contributed by atoms with Gasteiger partial charge >= 0.3 is 0 Å². The highest BCUT2D eigenvalue weighted by Gasteiger charge is 2.16. The fourth-order valence-corrected chi connectivity index (χ4v) is 2.98. The Labute approximate surface area is 146 Å². The van der Waals surface area contributed by atoms with Crippen molar-refractivity contribution in [1.82, 2.24) is 24.1 Å². The largest absolute Gasteiger partial charge is 0.323 e. The summed E-state index contributed by atoms with van der Waals surface area (Å²) in [7, 11) is 0. The van der Waals surface area contributed by atoms with Crippen LogP contribution in [0.5, 0.6) is 0 Å². The summed E-state index contributed by atoms with van der Waals surface area (Å²) in [6.07, 6.45) is 3.17. The Morgan fingerprint density at radius 2 is 1.88 bits per heavy atom. The minimum absolute atomic E-state index is 0.0679. The van der Waals surface area contributed by atoms with Crippen molar-refractivity contribution in [2.75, 3.05) is 0 Å². The quantitative estimate of drug-likeness (QED) is 0.522. The van der Waals surface area contributed by atoms with Crippen molar-refractivity contribution in [3.63, 3.8) is 0 Å². The molecule has 0 aliphatic carbocycles. The molecule has 3 heterocycles. The third-order valence-corrected chi connectivity index (χ3v) is 4.15. The van der Waals surface area contributed by atoms with Gasteiger partial charge in [-0.05, 0) is 37.3 Å². The van der Waals surface area contributed by atoms with Gasteiger partial charge in [-0.25, -0.2) is 18.7 Å². The Kier molecular flexibility index (Phi) is 3.95. The van der Waals surface area contributed by atoms with Gasteiger partial charge in [-0.1, -0.05) is 0 Å². The predicted octanol–water partition coefficient (Wildman–Crippen LogP) is 3.78. The molecule has 0 saturated heterocycles. The average molecular weight is 357 g/mol. The minimum atomic E-state index is -0.580. The maximum Gasteiger partial charge on any atom is 0.214 e. The van der Waals surface area contributed by atoms with Crippen LogP contribution >= 0.6 is 0 Å². The summed E-state index contributed by atoms with van der Waals surface area (Å²) in [6.45, 7) is 2.70. The van der Waals surface area contributed by atoms with Crippen LogP contribution in [-0.2, 0) is 13.1 Å². The van der Waals surface area contributed by atoms with Gasteiger partial charge in [0.25, 0.3) is 0 Å². The van der Waals surface area contributed by atoms with E-state index in [4.69, 9.17) is 0 Å². The molecule has 0 amide bonds. The van der Waals surface area contributed by atoms with Gasteiger partial charge in [0, 0.05) is 18.9 Å². The lowest BCUT2D eigenvalue weighted by atomic mass is 10.2. The SMILES string of the molecule is CCn1c(Cn2ccnc2-c2cc(F)ccc2F)nc2ccc(F)nc21. The second kappa shape index (κ2) is 6.29. The molecule has 0 aliphatic heterocycles. The molecule has 1 aromatic carbocycles. The van der Waals surface area contributed by atoms with E-state index in [1.807, 2.05) is 6.92 Å². The summed E-state index contributed by atoms with van der Waals surface area (Å²) in [4.78, 5) is 12.5. The number of benzene rings is 1. The van der Waals surface area contributed by atoms with Crippen LogP contribution in [0, 0.1) is 17.6 Å². The third-order valence-electron chi connectivity index (χ3n) is 4.15. The van der Waals surface area contributed by atoms with Crippen LogP contribution in [0.1, 0.15) is 12.7 Å². The number of aryl methyl sites for hydroxylation is 1.